The summed E-state index contributed by atoms with van der Waals surface area (Å²) >= 11 is 0. The van der Waals surface area contributed by atoms with Gasteiger partial charge in [0.1, 0.15) is 0 Å². The highest BCUT2D eigenvalue weighted by Gasteiger charge is 2.14. The van der Waals surface area contributed by atoms with Gasteiger partial charge in [0, 0.05) is 35.0 Å². The fraction of sp³-hybridized carbons (Fsp3) is 0.417. The second-order valence-corrected chi connectivity index (χ2v) is 5.51. The van der Waals surface area contributed by atoms with Crippen molar-refractivity contribution in [3.05, 3.63) is 29.8 Å². The molecule has 0 aliphatic rings. The molecule has 94 valence electrons. The summed E-state index contributed by atoms with van der Waals surface area (Å²) in [6.45, 7) is 2.27. The summed E-state index contributed by atoms with van der Waals surface area (Å²) in [6, 6.07) is 7.28. The Bertz CT molecular complexity index is 421. The zero-order valence-corrected chi connectivity index (χ0v) is 10.9. The first kappa shape index (κ1) is 13.7. The van der Waals surface area contributed by atoms with Crippen LogP contribution in [0.3, 0.4) is 0 Å². The first-order valence-corrected chi connectivity index (χ1v) is 7.16. The minimum Gasteiger partial charge on any atom is -0.399 e. The molecule has 1 amide bonds. The first-order valence-electron chi connectivity index (χ1n) is 5.44. The molecule has 17 heavy (non-hydrogen) atoms. The van der Waals surface area contributed by atoms with Crippen LogP contribution in [-0.2, 0) is 15.6 Å². The lowest BCUT2D eigenvalue weighted by Gasteiger charge is -2.12. The van der Waals surface area contributed by atoms with Crippen LogP contribution >= 0.6 is 0 Å². The second-order valence-electron chi connectivity index (χ2n) is 3.96. The lowest BCUT2D eigenvalue weighted by Crippen LogP contribution is -2.31. The Morgan fingerprint density at radius 2 is 2.24 bits per heavy atom. The second kappa shape index (κ2) is 6.39. The van der Waals surface area contributed by atoms with E-state index in [0.717, 1.165) is 5.56 Å². The summed E-state index contributed by atoms with van der Waals surface area (Å²) in [6.07, 6.45) is 1.62. The molecule has 0 aliphatic carbocycles. The highest BCUT2D eigenvalue weighted by molar-refractivity contribution is 7.84. The maximum Gasteiger partial charge on any atom is 0.227 e. The van der Waals surface area contributed by atoms with Crippen LogP contribution in [0, 0.1) is 0 Å². The van der Waals surface area contributed by atoms with E-state index in [0.29, 0.717) is 18.0 Å². The molecule has 0 bridgehead atoms. The van der Waals surface area contributed by atoms with Gasteiger partial charge in [0.25, 0.3) is 0 Å². The molecular weight excluding hydrogens is 236 g/mol. The number of rotatable bonds is 5. The van der Waals surface area contributed by atoms with Gasteiger partial charge in [-0.1, -0.05) is 12.1 Å². The standard InChI is InChI=1S/C12H18N2O2S/c1-9(10-4-3-5-11(13)8-10)12(15)14-6-7-17(2)16/h3-5,8-9H,6-7,13H2,1-2H3,(H,14,15). The SMILES string of the molecule is CC(C(=O)NCCS(C)=O)c1cccc(N)c1. The Hall–Kier alpha value is -1.36. The van der Waals surface area contributed by atoms with Gasteiger partial charge in [-0.2, -0.15) is 0 Å². The Kier molecular flexibility index (Phi) is 5.15. The fourth-order valence-electron chi connectivity index (χ4n) is 1.45. The van der Waals surface area contributed by atoms with Crippen molar-refractivity contribution in [2.24, 2.45) is 0 Å². The lowest BCUT2D eigenvalue weighted by atomic mass is 10.00. The van der Waals surface area contributed by atoms with E-state index in [2.05, 4.69) is 5.32 Å². The van der Waals surface area contributed by atoms with Crippen molar-refractivity contribution in [1.82, 2.24) is 5.32 Å². The van der Waals surface area contributed by atoms with E-state index >= 15 is 0 Å². The molecule has 0 saturated carbocycles. The van der Waals surface area contributed by atoms with Crippen LogP contribution in [0.2, 0.25) is 0 Å². The zero-order chi connectivity index (χ0) is 12.8. The highest BCUT2D eigenvalue weighted by atomic mass is 32.2. The summed E-state index contributed by atoms with van der Waals surface area (Å²) in [5.74, 6) is 0.167. The molecule has 2 unspecified atom stereocenters. The van der Waals surface area contributed by atoms with Crippen molar-refractivity contribution < 1.29 is 9.00 Å². The molecule has 4 nitrogen and oxygen atoms in total. The Morgan fingerprint density at radius 3 is 2.82 bits per heavy atom. The van der Waals surface area contributed by atoms with Gasteiger partial charge in [0.15, 0.2) is 0 Å². The van der Waals surface area contributed by atoms with Crippen molar-refractivity contribution in [2.75, 3.05) is 24.3 Å². The first-order chi connectivity index (χ1) is 8.00. The summed E-state index contributed by atoms with van der Waals surface area (Å²) in [7, 11) is -0.878. The van der Waals surface area contributed by atoms with Crippen molar-refractivity contribution in [2.45, 2.75) is 12.8 Å². The van der Waals surface area contributed by atoms with Gasteiger partial charge in [-0.25, -0.2) is 0 Å². The Labute approximate surface area is 104 Å². The number of hydrogen-bond donors (Lipinski definition) is 2. The number of benzene rings is 1. The number of nitrogen functional groups attached to an aromatic ring is 1. The largest absolute Gasteiger partial charge is 0.399 e. The van der Waals surface area contributed by atoms with Gasteiger partial charge in [-0.3, -0.25) is 9.00 Å². The van der Waals surface area contributed by atoms with E-state index in [-0.39, 0.29) is 11.8 Å². The number of amides is 1. The lowest BCUT2D eigenvalue weighted by molar-refractivity contribution is -0.122. The van der Waals surface area contributed by atoms with Crippen molar-refractivity contribution in [3.8, 4) is 0 Å². The van der Waals surface area contributed by atoms with Crippen molar-refractivity contribution in [1.29, 1.82) is 0 Å². The highest BCUT2D eigenvalue weighted by Crippen LogP contribution is 2.17. The maximum atomic E-state index is 11.8. The zero-order valence-electron chi connectivity index (χ0n) is 10.1. The number of carbonyl (C=O) groups is 1. The van der Waals surface area contributed by atoms with E-state index in [9.17, 15) is 9.00 Å². The minimum absolute atomic E-state index is 0.0685. The molecule has 0 spiro atoms. The average Bonchev–Trinajstić information content (AvgIpc) is 2.27. The molecule has 0 fully saturated rings. The molecule has 1 aromatic carbocycles. The number of nitrogens with one attached hydrogen (secondary N) is 1. The van der Waals surface area contributed by atoms with Crippen molar-refractivity contribution >= 4 is 22.4 Å². The Balaban J connectivity index is 2.54. The summed E-state index contributed by atoms with van der Waals surface area (Å²) in [5, 5.41) is 2.76. The smallest absolute Gasteiger partial charge is 0.227 e. The van der Waals surface area contributed by atoms with Gasteiger partial charge in [-0.15, -0.1) is 0 Å². The van der Waals surface area contributed by atoms with Crippen LogP contribution in [-0.4, -0.2) is 28.7 Å². The Morgan fingerprint density at radius 1 is 1.53 bits per heavy atom. The third kappa shape index (κ3) is 4.56. The van der Waals surface area contributed by atoms with Crippen LogP contribution in [0.5, 0.6) is 0 Å². The van der Waals surface area contributed by atoms with Crippen LogP contribution in [0.1, 0.15) is 18.4 Å². The molecule has 3 N–H and O–H groups in total. The summed E-state index contributed by atoms with van der Waals surface area (Å²) < 4.78 is 10.9. The normalized spacial score (nSPS) is 14.0. The number of hydrogen-bond acceptors (Lipinski definition) is 3. The van der Waals surface area contributed by atoms with Crippen LogP contribution in [0.15, 0.2) is 24.3 Å². The molecule has 1 aromatic rings. The molecule has 5 heteroatoms. The molecule has 2 atom stereocenters. The molecule has 0 radical (unpaired) electrons. The van der Waals surface area contributed by atoms with E-state index < -0.39 is 10.8 Å². The van der Waals surface area contributed by atoms with Crippen LogP contribution < -0.4 is 11.1 Å². The fourth-order valence-corrected chi connectivity index (χ4v) is 1.84. The van der Waals surface area contributed by atoms with Crippen molar-refractivity contribution in [3.63, 3.8) is 0 Å². The maximum absolute atomic E-state index is 11.8. The number of anilines is 1. The third-order valence-corrected chi connectivity index (χ3v) is 3.27. The van der Waals surface area contributed by atoms with E-state index in [1.165, 1.54) is 0 Å². The third-order valence-electron chi connectivity index (χ3n) is 2.49. The van der Waals surface area contributed by atoms with Gasteiger partial charge in [-0.05, 0) is 24.6 Å². The molecule has 0 saturated heterocycles. The van der Waals surface area contributed by atoms with Gasteiger partial charge >= 0.3 is 0 Å². The van der Waals surface area contributed by atoms with E-state index in [4.69, 9.17) is 5.73 Å². The monoisotopic (exact) mass is 254 g/mol. The summed E-state index contributed by atoms with van der Waals surface area (Å²) in [5.41, 5.74) is 7.20. The van der Waals surface area contributed by atoms with Gasteiger partial charge < -0.3 is 11.1 Å². The predicted molar refractivity (Wildman–Crippen MR) is 71.2 cm³/mol. The van der Waals surface area contributed by atoms with Gasteiger partial charge in [0.05, 0.1) is 5.92 Å². The number of nitrogens with two attached hydrogens (primary N) is 1. The van der Waals surface area contributed by atoms with Gasteiger partial charge in [0.2, 0.25) is 5.91 Å². The minimum atomic E-state index is -0.878. The van der Waals surface area contributed by atoms with E-state index in [1.807, 2.05) is 19.1 Å². The molecular formula is C12H18N2O2S. The molecule has 0 aliphatic heterocycles. The topological polar surface area (TPSA) is 72.2 Å². The molecule has 0 aromatic heterocycles. The molecule has 1 rings (SSSR count). The predicted octanol–water partition coefficient (Wildman–Crippen LogP) is 0.867. The summed E-state index contributed by atoms with van der Waals surface area (Å²) in [4.78, 5) is 11.8. The average molecular weight is 254 g/mol. The quantitative estimate of drug-likeness (QED) is 0.766. The number of carbonyl (C=O) groups excluding carboxylic acids is 1. The van der Waals surface area contributed by atoms with Crippen LogP contribution in [0.25, 0.3) is 0 Å². The van der Waals surface area contributed by atoms with E-state index in [1.54, 1.807) is 18.4 Å². The molecule has 0 heterocycles. The van der Waals surface area contributed by atoms with Crippen LogP contribution in [0.4, 0.5) is 5.69 Å².